The van der Waals surface area contributed by atoms with E-state index in [9.17, 15) is 4.79 Å². The number of methoxy groups -OCH3 is 1. The number of benzene rings is 1. The monoisotopic (exact) mass is 311 g/mol. The van der Waals surface area contributed by atoms with Crippen LogP contribution in [-0.4, -0.2) is 31.8 Å². The fourth-order valence-corrected chi connectivity index (χ4v) is 2.66. The van der Waals surface area contributed by atoms with Gasteiger partial charge in [0.2, 0.25) is 0 Å². The van der Waals surface area contributed by atoms with Gasteiger partial charge in [-0.05, 0) is 23.6 Å². The van der Waals surface area contributed by atoms with Crippen LogP contribution in [0.4, 0.5) is 0 Å². The maximum atomic E-state index is 11.5. The molecule has 1 saturated heterocycles. The fourth-order valence-electron chi connectivity index (χ4n) is 2.49. The summed E-state index contributed by atoms with van der Waals surface area (Å²) in [4.78, 5) is 11.5. The zero-order valence-corrected chi connectivity index (χ0v) is 13.7. The Kier molecular flexibility index (Phi) is 4.79. The predicted octanol–water partition coefficient (Wildman–Crippen LogP) is 2.92. The van der Waals surface area contributed by atoms with Crippen LogP contribution >= 0.6 is 11.6 Å². The lowest BCUT2D eigenvalue weighted by Crippen LogP contribution is -2.31. The van der Waals surface area contributed by atoms with E-state index in [4.69, 9.17) is 21.1 Å². The van der Waals surface area contributed by atoms with Crippen LogP contribution < -0.4 is 10.1 Å². The number of ether oxygens (including phenoxy) is 2. The average molecular weight is 312 g/mol. The molecule has 5 heteroatoms. The Morgan fingerprint density at radius 3 is 2.71 bits per heavy atom. The van der Waals surface area contributed by atoms with Crippen LogP contribution in [0.5, 0.6) is 5.75 Å². The summed E-state index contributed by atoms with van der Waals surface area (Å²) >= 11 is 6.09. The molecule has 1 aliphatic heterocycles. The predicted molar refractivity (Wildman–Crippen MR) is 83.0 cm³/mol. The van der Waals surface area contributed by atoms with E-state index in [2.05, 4.69) is 26.1 Å². The van der Waals surface area contributed by atoms with Gasteiger partial charge in [0.25, 0.3) is 0 Å². The van der Waals surface area contributed by atoms with Crippen LogP contribution in [0.2, 0.25) is 5.02 Å². The second-order valence-corrected chi connectivity index (χ2v) is 6.79. The Balaban J connectivity index is 2.12. The van der Waals surface area contributed by atoms with E-state index < -0.39 is 0 Å². The summed E-state index contributed by atoms with van der Waals surface area (Å²) in [6, 6.07) is 5.38. The van der Waals surface area contributed by atoms with Crippen LogP contribution in [0.1, 0.15) is 32.8 Å². The van der Waals surface area contributed by atoms with Crippen molar-refractivity contribution < 1.29 is 14.3 Å². The molecule has 1 heterocycles. The van der Waals surface area contributed by atoms with Crippen molar-refractivity contribution in [3.8, 4) is 5.75 Å². The molecule has 0 bridgehead atoms. The topological polar surface area (TPSA) is 47.6 Å². The molecule has 21 heavy (non-hydrogen) atoms. The van der Waals surface area contributed by atoms with Crippen LogP contribution in [0.3, 0.4) is 0 Å². The van der Waals surface area contributed by atoms with Gasteiger partial charge in [0.15, 0.2) is 0 Å². The van der Waals surface area contributed by atoms with E-state index >= 15 is 0 Å². The molecule has 0 spiro atoms. The normalized spacial score (nSPS) is 22.1. The molecule has 0 aliphatic carbocycles. The van der Waals surface area contributed by atoms with Crippen molar-refractivity contribution >= 4 is 17.6 Å². The first kappa shape index (κ1) is 16.1. The average Bonchev–Trinajstić information content (AvgIpc) is 2.87. The van der Waals surface area contributed by atoms with Crippen molar-refractivity contribution in [2.75, 3.05) is 13.7 Å². The van der Waals surface area contributed by atoms with E-state index in [1.54, 1.807) is 0 Å². The van der Waals surface area contributed by atoms with Crippen LogP contribution in [-0.2, 0) is 14.9 Å². The zero-order chi connectivity index (χ0) is 15.6. The quantitative estimate of drug-likeness (QED) is 0.872. The second kappa shape index (κ2) is 6.24. The van der Waals surface area contributed by atoms with Gasteiger partial charge in [0.05, 0.1) is 7.11 Å². The number of halogens is 1. The van der Waals surface area contributed by atoms with Crippen LogP contribution in [0, 0.1) is 0 Å². The van der Waals surface area contributed by atoms with Gasteiger partial charge < -0.3 is 14.8 Å². The highest BCUT2D eigenvalue weighted by molar-refractivity contribution is 6.30. The lowest BCUT2D eigenvalue weighted by atomic mass is 9.86. The maximum absolute atomic E-state index is 11.5. The van der Waals surface area contributed by atoms with Crippen molar-refractivity contribution in [2.24, 2.45) is 0 Å². The number of nitrogens with one attached hydrogen (secondary N) is 1. The molecule has 1 aliphatic rings. The Morgan fingerprint density at radius 2 is 2.10 bits per heavy atom. The molecule has 0 radical (unpaired) electrons. The Labute approximate surface area is 130 Å². The third-order valence-corrected chi connectivity index (χ3v) is 3.85. The van der Waals surface area contributed by atoms with Gasteiger partial charge in [-0.1, -0.05) is 32.4 Å². The van der Waals surface area contributed by atoms with Crippen LogP contribution in [0.15, 0.2) is 18.2 Å². The minimum atomic E-state index is -0.287. The van der Waals surface area contributed by atoms with Gasteiger partial charge in [-0.2, -0.15) is 0 Å². The van der Waals surface area contributed by atoms with Crippen LogP contribution in [0.25, 0.3) is 0 Å². The molecule has 116 valence electrons. The van der Waals surface area contributed by atoms with E-state index in [1.807, 2.05) is 18.2 Å². The molecule has 1 fully saturated rings. The summed E-state index contributed by atoms with van der Waals surface area (Å²) in [5, 5.41) is 3.82. The van der Waals surface area contributed by atoms with E-state index in [0.29, 0.717) is 18.0 Å². The van der Waals surface area contributed by atoms with E-state index in [-0.39, 0.29) is 23.5 Å². The minimum Gasteiger partial charge on any atom is -0.489 e. The molecule has 2 rings (SSSR count). The van der Waals surface area contributed by atoms with E-state index in [0.717, 1.165) is 11.3 Å². The van der Waals surface area contributed by atoms with Gasteiger partial charge >= 0.3 is 5.97 Å². The number of carbonyl (C=O) groups is 1. The summed E-state index contributed by atoms with van der Waals surface area (Å²) in [7, 11) is 1.40. The Hall–Kier alpha value is -1.26. The second-order valence-electron chi connectivity index (χ2n) is 6.35. The standard InChI is InChI=1S/C16H22ClNO3/c1-16(2,3)12-7-10(17)5-6-14(12)21-11-8-13(18-9-11)15(19)20-4/h5-7,11,13,18H,8-9H2,1-4H3/t11-,13-/m0/s1. The van der Waals surface area contributed by atoms with Crippen molar-refractivity contribution in [3.05, 3.63) is 28.8 Å². The molecule has 2 atom stereocenters. The van der Waals surface area contributed by atoms with Crippen molar-refractivity contribution in [2.45, 2.75) is 44.8 Å². The smallest absolute Gasteiger partial charge is 0.323 e. The van der Waals surface area contributed by atoms with Gasteiger partial charge in [0, 0.05) is 23.6 Å². The molecular formula is C16H22ClNO3. The highest BCUT2D eigenvalue weighted by Gasteiger charge is 2.32. The molecule has 0 unspecified atom stereocenters. The summed E-state index contributed by atoms with van der Waals surface area (Å²) in [6.45, 7) is 6.99. The minimum absolute atomic E-state index is 0.0450. The van der Waals surface area contributed by atoms with E-state index in [1.165, 1.54) is 7.11 Å². The lowest BCUT2D eigenvalue weighted by molar-refractivity contribution is -0.142. The molecular weight excluding hydrogens is 290 g/mol. The third kappa shape index (κ3) is 3.89. The number of esters is 1. The van der Waals surface area contributed by atoms with Crippen molar-refractivity contribution in [1.29, 1.82) is 0 Å². The first-order valence-corrected chi connectivity index (χ1v) is 7.47. The highest BCUT2D eigenvalue weighted by atomic mass is 35.5. The van der Waals surface area contributed by atoms with Crippen molar-refractivity contribution in [1.82, 2.24) is 5.32 Å². The number of rotatable bonds is 3. The Bertz CT molecular complexity index is 525. The summed E-state index contributed by atoms with van der Waals surface area (Å²) in [5.41, 5.74) is 1.00. The number of hydrogen-bond acceptors (Lipinski definition) is 4. The molecule has 0 aromatic heterocycles. The third-order valence-electron chi connectivity index (χ3n) is 3.62. The number of hydrogen-bond donors (Lipinski definition) is 1. The van der Waals surface area contributed by atoms with Gasteiger partial charge in [-0.15, -0.1) is 0 Å². The molecule has 0 amide bonds. The lowest BCUT2D eigenvalue weighted by Gasteiger charge is -2.25. The van der Waals surface area contributed by atoms with Gasteiger partial charge in [-0.25, -0.2) is 0 Å². The highest BCUT2D eigenvalue weighted by Crippen LogP contribution is 2.34. The molecule has 4 nitrogen and oxygen atoms in total. The fraction of sp³-hybridized carbons (Fsp3) is 0.562. The molecule has 1 N–H and O–H groups in total. The molecule has 0 saturated carbocycles. The summed E-state index contributed by atoms with van der Waals surface area (Å²) in [6.07, 6.45) is 0.565. The van der Waals surface area contributed by atoms with Crippen molar-refractivity contribution in [3.63, 3.8) is 0 Å². The summed E-state index contributed by atoms with van der Waals surface area (Å²) < 4.78 is 10.8. The molecule has 1 aromatic carbocycles. The first-order valence-electron chi connectivity index (χ1n) is 7.09. The molecule has 1 aromatic rings. The maximum Gasteiger partial charge on any atom is 0.323 e. The van der Waals surface area contributed by atoms with Gasteiger partial charge in [0.1, 0.15) is 17.9 Å². The van der Waals surface area contributed by atoms with Gasteiger partial charge in [-0.3, -0.25) is 4.79 Å². The zero-order valence-electron chi connectivity index (χ0n) is 12.9. The first-order chi connectivity index (χ1) is 9.81. The summed E-state index contributed by atoms with van der Waals surface area (Å²) in [5.74, 6) is 0.581. The largest absolute Gasteiger partial charge is 0.489 e. The number of carbonyl (C=O) groups excluding carboxylic acids is 1. The Morgan fingerprint density at radius 1 is 1.38 bits per heavy atom. The SMILES string of the molecule is COC(=O)[C@@H]1C[C@H](Oc2ccc(Cl)cc2C(C)(C)C)CN1.